The number of ether oxygens (including phenoxy) is 1. The number of hydrogen-bond donors (Lipinski definition) is 3. The summed E-state index contributed by atoms with van der Waals surface area (Å²) in [7, 11) is 0. The first-order valence-corrected chi connectivity index (χ1v) is 10.3. The molecule has 1 atom stereocenters. The van der Waals surface area contributed by atoms with Crippen molar-refractivity contribution in [2.24, 2.45) is 5.41 Å². The third-order valence-electron chi connectivity index (χ3n) is 6.00. The second kappa shape index (κ2) is 7.71. The van der Waals surface area contributed by atoms with E-state index in [0.717, 1.165) is 42.6 Å². The van der Waals surface area contributed by atoms with E-state index < -0.39 is 5.72 Å². The van der Waals surface area contributed by atoms with Crippen molar-refractivity contribution in [1.29, 1.82) is 5.26 Å². The number of amides is 1. The summed E-state index contributed by atoms with van der Waals surface area (Å²) < 4.78 is 5.94. The Bertz CT molecular complexity index is 1040. The van der Waals surface area contributed by atoms with Gasteiger partial charge in [0.25, 0.3) is 5.91 Å². The fourth-order valence-electron chi connectivity index (χ4n) is 3.99. The highest BCUT2D eigenvalue weighted by atomic mass is 16.5. The smallest absolute Gasteiger partial charge is 0.291 e. The molecule has 3 N–H and O–H groups in total. The molecule has 156 valence electrons. The first-order valence-electron chi connectivity index (χ1n) is 10.3. The summed E-state index contributed by atoms with van der Waals surface area (Å²) in [5.41, 5.74) is 4.00. The van der Waals surface area contributed by atoms with Crippen LogP contribution in [0.3, 0.4) is 0 Å². The highest BCUT2D eigenvalue weighted by molar-refractivity contribution is 6.03. The lowest BCUT2D eigenvalue weighted by atomic mass is 9.76. The fraction of sp³-hybridized carbons (Fsp3) is 0.435. The normalized spacial score (nSPS) is 22.9. The molecule has 1 unspecified atom stereocenters. The minimum Gasteiger partial charge on any atom is -0.355 e. The van der Waals surface area contributed by atoms with Crippen molar-refractivity contribution in [1.82, 2.24) is 15.3 Å². The van der Waals surface area contributed by atoms with Crippen LogP contribution in [0.4, 0.5) is 5.69 Å². The van der Waals surface area contributed by atoms with E-state index in [-0.39, 0.29) is 22.8 Å². The summed E-state index contributed by atoms with van der Waals surface area (Å²) in [6.07, 6.45) is 6.67. The molecule has 1 aromatic heterocycles. The Morgan fingerprint density at radius 2 is 2.17 bits per heavy atom. The minimum absolute atomic E-state index is 0.119. The Balaban J connectivity index is 1.69. The summed E-state index contributed by atoms with van der Waals surface area (Å²) in [6, 6.07) is 7.97. The molecular formula is C23H27N5O2. The Hall–Kier alpha value is -2.95. The molecular weight excluding hydrogens is 378 g/mol. The molecule has 4 rings (SSSR count). The van der Waals surface area contributed by atoms with Crippen LogP contribution in [0.2, 0.25) is 0 Å². The van der Waals surface area contributed by atoms with Gasteiger partial charge in [-0.1, -0.05) is 26.0 Å². The van der Waals surface area contributed by atoms with E-state index in [9.17, 15) is 4.79 Å². The summed E-state index contributed by atoms with van der Waals surface area (Å²) in [5.74, 6) is -0.253. The maximum absolute atomic E-state index is 12.7. The highest BCUT2D eigenvalue weighted by Crippen LogP contribution is 2.41. The predicted molar refractivity (Wildman–Crippen MR) is 115 cm³/mol. The number of anilines is 1. The number of aromatic nitrogens is 2. The lowest BCUT2D eigenvalue weighted by molar-refractivity contribution is 0.00247. The first-order chi connectivity index (χ1) is 14.3. The number of H-pyrrole nitrogens is 1. The highest BCUT2D eigenvalue weighted by Gasteiger charge is 2.32. The molecule has 1 aliphatic carbocycles. The molecule has 2 aromatic rings. The van der Waals surface area contributed by atoms with Gasteiger partial charge in [0, 0.05) is 17.8 Å². The van der Waals surface area contributed by atoms with Gasteiger partial charge in [-0.2, -0.15) is 5.26 Å². The molecule has 7 nitrogen and oxygen atoms in total. The Morgan fingerprint density at radius 3 is 2.80 bits per heavy atom. The van der Waals surface area contributed by atoms with E-state index in [1.165, 1.54) is 11.8 Å². The number of allylic oxidation sites excluding steroid dienone is 2. The third kappa shape index (κ3) is 4.02. The summed E-state index contributed by atoms with van der Waals surface area (Å²) in [4.78, 5) is 19.4. The third-order valence-corrected chi connectivity index (χ3v) is 6.00. The molecule has 1 aromatic carbocycles. The van der Waals surface area contributed by atoms with E-state index in [2.05, 4.69) is 46.6 Å². The van der Waals surface area contributed by atoms with E-state index in [0.29, 0.717) is 6.61 Å². The van der Waals surface area contributed by atoms with Gasteiger partial charge >= 0.3 is 0 Å². The maximum atomic E-state index is 12.7. The largest absolute Gasteiger partial charge is 0.355 e. The number of rotatable bonds is 4. The van der Waals surface area contributed by atoms with Gasteiger partial charge in [0.1, 0.15) is 17.5 Å². The van der Waals surface area contributed by atoms with Crippen LogP contribution in [-0.2, 0) is 10.5 Å². The van der Waals surface area contributed by atoms with Gasteiger partial charge < -0.3 is 15.0 Å². The van der Waals surface area contributed by atoms with Crippen molar-refractivity contribution in [3.8, 4) is 6.07 Å². The maximum Gasteiger partial charge on any atom is 0.291 e. The Kier molecular flexibility index (Phi) is 5.22. The van der Waals surface area contributed by atoms with Crippen LogP contribution in [0.15, 0.2) is 30.5 Å². The van der Waals surface area contributed by atoms with Crippen LogP contribution in [0, 0.1) is 16.7 Å². The average molecular weight is 406 g/mol. The van der Waals surface area contributed by atoms with Crippen molar-refractivity contribution in [2.45, 2.75) is 45.8 Å². The number of nitrogens with zero attached hydrogens (tertiary/aromatic N) is 2. The van der Waals surface area contributed by atoms with Gasteiger partial charge in [0.05, 0.1) is 12.8 Å². The second-order valence-electron chi connectivity index (χ2n) is 8.88. The number of carbonyl (C=O) groups is 1. The van der Waals surface area contributed by atoms with Crippen molar-refractivity contribution in [3.63, 3.8) is 0 Å². The molecule has 1 fully saturated rings. The number of nitriles is 1. The number of nitrogens with one attached hydrogen (secondary N) is 3. The summed E-state index contributed by atoms with van der Waals surface area (Å²) in [6.45, 7) is 8.06. The standard InChI is InChI=1S/C23H27N5O2/c1-22(2)8-6-15(7-9-22)18-12-16(23(3)26-10-11-30-23)4-5-19(18)28-21(29)20-25-14-17(13-24)27-20/h4-6,12,14,26H,7-11H2,1-3H3,(H,25,27)(H,28,29). The van der Waals surface area contributed by atoms with Crippen LogP contribution >= 0.6 is 0 Å². The van der Waals surface area contributed by atoms with Gasteiger partial charge in [0.15, 0.2) is 5.82 Å². The lowest BCUT2D eigenvalue weighted by Gasteiger charge is -2.30. The van der Waals surface area contributed by atoms with E-state index in [4.69, 9.17) is 10.00 Å². The summed E-state index contributed by atoms with van der Waals surface area (Å²) >= 11 is 0. The van der Waals surface area contributed by atoms with Crippen molar-refractivity contribution >= 4 is 17.2 Å². The topological polar surface area (TPSA) is 103 Å². The molecule has 30 heavy (non-hydrogen) atoms. The SMILES string of the molecule is CC1(C)CC=C(c2cc(C3(C)NCCO3)ccc2NC(=O)c2ncc(C#N)[nH]2)CC1. The van der Waals surface area contributed by atoms with Crippen LogP contribution in [0.5, 0.6) is 0 Å². The molecule has 7 heteroatoms. The van der Waals surface area contributed by atoms with E-state index in [1.807, 2.05) is 25.1 Å². The number of imidazole rings is 1. The Labute approximate surface area is 176 Å². The van der Waals surface area contributed by atoms with Gasteiger partial charge in [0.2, 0.25) is 0 Å². The molecule has 2 aliphatic rings. The number of benzene rings is 1. The second-order valence-corrected chi connectivity index (χ2v) is 8.88. The molecule has 1 saturated heterocycles. The summed E-state index contributed by atoms with van der Waals surface area (Å²) in [5, 5.41) is 15.3. The minimum atomic E-state index is -0.533. The number of carbonyl (C=O) groups excluding carboxylic acids is 1. The quantitative estimate of drug-likeness (QED) is 0.715. The van der Waals surface area contributed by atoms with Crippen molar-refractivity contribution in [2.75, 3.05) is 18.5 Å². The molecule has 2 heterocycles. The van der Waals surface area contributed by atoms with Gasteiger partial charge in [-0.05, 0) is 54.9 Å². The zero-order chi connectivity index (χ0) is 21.4. The van der Waals surface area contributed by atoms with Crippen molar-refractivity contribution < 1.29 is 9.53 Å². The average Bonchev–Trinajstić information content (AvgIpc) is 3.38. The van der Waals surface area contributed by atoms with Crippen molar-refractivity contribution in [3.05, 3.63) is 53.1 Å². The number of hydrogen-bond acceptors (Lipinski definition) is 5. The zero-order valence-electron chi connectivity index (χ0n) is 17.6. The molecule has 1 amide bonds. The number of aromatic amines is 1. The van der Waals surface area contributed by atoms with Gasteiger partial charge in [-0.15, -0.1) is 0 Å². The fourth-order valence-corrected chi connectivity index (χ4v) is 3.99. The van der Waals surface area contributed by atoms with Crippen LogP contribution in [0.1, 0.15) is 67.5 Å². The van der Waals surface area contributed by atoms with E-state index in [1.54, 1.807) is 0 Å². The molecule has 0 spiro atoms. The monoisotopic (exact) mass is 405 g/mol. The van der Waals surface area contributed by atoms with Crippen LogP contribution in [0.25, 0.3) is 5.57 Å². The van der Waals surface area contributed by atoms with Crippen LogP contribution in [-0.4, -0.2) is 29.0 Å². The zero-order valence-corrected chi connectivity index (χ0v) is 17.6. The van der Waals surface area contributed by atoms with Crippen LogP contribution < -0.4 is 10.6 Å². The molecule has 0 radical (unpaired) electrons. The molecule has 1 aliphatic heterocycles. The molecule has 0 bridgehead atoms. The van der Waals surface area contributed by atoms with E-state index >= 15 is 0 Å². The van der Waals surface area contributed by atoms with Gasteiger partial charge in [-0.3, -0.25) is 10.1 Å². The Morgan fingerprint density at radius 1 is 1.33 bits per heavy atom. The first kappa shape index (κ1) is 20.3. The lowest BCUT2D eigenvalue weighted by Crippen LogP contribution is -2.34. The molecule has 0 saturated carbocycles. The van der Waals surface area contributed by atoms with Gasteiger partial charge in [-0.25, -0.2) is 4.98 Å². The predicted octanol–water partition coefficient (Wildman–Crippen LogP) is 3.92.